The van der Waals surface area contributed by atoms with Crippen molar-refractivity contribution in [2.24, 2.45) is 5.73 Å². The van der Waals surface area contributed by atoms with Gasteiger partial charge in [-0.25, -0.2) is 4.79 Å². The summed E-state index contributed by atoms with van der Waals surface area (Å²) < 4.78 is 4.76. The van der Waals surface area contributed by atoms with Gasteiger partial charge in [0.2, 0.25) is 0 Å². The monoisotopic (exact) mass is 214 g/mol. The molecule has 0 unspecified atom stereocenters. The van der Waals surface area contributed by atoms with E-state index in [0.717, 1.165) is 0 Å². The molecule has 1 aliphatic rings. The number of hydrogen-bond acceptors (Lipinski definition) is 4. The highest BCUT2D eigenvalue weighted by molar-refractivity contribution is 5.72. The molecular formula is C9H14N2O4. The number of nitrogens with zero attached hydrogens (tertiary/aromatic N) is 1. The molecule has 15 heavy (non-hydrogen) atoms. The van der Waals surface area contributed by atoms with Crippen LogP contribution in [-0.2, 0) is 9.53 Å². The Morgan fingerprint density at radius 3 is 2.67 bits per heavy atom. The molecule has 1 amide bonds. The maximum Gasteiger partial charge on any atom is 0.410 e. The van der Waals surface area contributed by atoms with Crippen molar-refractivity contribution in [1.29, 1.82) is 0 Å². The lowest BCUT2D eigenvalue weighted by Crippen LogP contribution is -2.69. The number of rotatable bonds is 4. The van der Waals surface area contributed by atoms with E-state index in [-0.39, 0.29) is 26.1 Å². The van der Waals surface area contributed by atoms with E-state index < -0.39 is 17.6 Å². The van der Waals surface area contributed by atoms with E-state index in [2.05, 4.69) is 6.58 Å². The summed E-state index contributed by atoms with van der Waals surface area (Å²) in [5, 5.41) is 8.55. The van der Waals surface area contributed by atoms with E-state index in [1.54, 1.807) is 0 Å². The molecule has 0 radical (unpaired) electrons. The maximum absolute atomic E-state index is 11.2. The van der Waals surface area contributed by atoms with Gasteiger partial charge in [0.1, 0.15) is 6.61 Å². The van der Waals surface area contributed by atoms with Gasteiger partial charge in [-0.3, -0.25) is 4.79 Å². The second-order valence-corrected chi connectivity index (χ2v) is 3.65. The van der Waals surface area contributed by atoms with E-state index >= 15 is 0 Å². The molecule has 0 aromatic heterocycles. The van der Waals surface area contributed by atoms with Crippen LogP contribution in [0.4, 0.5) is 4.79 Å². The smallest absolute Gasteiger partial charge is 0.410 e. The highest BCUT2D eigenvalue weighted by Gasteiger charge is 2.44. The van der Waals surface area contributed by atoms with Crippen LogP contribution in [0.3, 0.4) is 0 Å². The fourth-order valence-corrected chi connectivity index (χ4v) is 1.48. The number of aliphatic carboxylic acids is 1. The lowest BCUT2D eigenvalue weighted by atomic mass is 9.88. The quantitative estimate of drug-likeness (QED) is 0.632. The molecule has 0 aromatic carbocycles. The van der Waals surface area contributed by atoms with Gasteiger partial charge in [0.25, 0.3) is 0 Å². The number of nitrogens with two attached hydrogens (primary N) is 1. The first-order chi connectivity index (χ1) is 6.97. The summed E-state index contributed by atoms with van der Waals surface area (Å²) in [4.78, 5) is 23.0. The summed E-state index contributed by atoms with van der Waals surface area (Å²) in [6, 6.07) is 0. The molecule has 1 aliphatic heterocycles. The van der Waals surface area contributed by atoms with Crippen molar-refractivity contribution >= 4 is 12.1 Å². The van der Waals surface area contributed by atoms with Crippen molar-refractivity contribution in [3.63, 3.8) is 0 Å². The lowest BCUT2D eigenvalue weighted by molar-refractivity contribution is -0.140. The predicted octanol–water partition coefficient (Wildman–Crippen LogP) is -0.203. The molecule has 0 aromatic rings. The number of carbonyl (C=O) groups is 2. The van der Waals surface area contributed by atoms with Gasteiger partial charge in [-0.2, -0.15) is 0 Å². The summed E-state index contributed by atoms with van der Waals surface area (Å²) in [7, 11) is 0. The standard InChI is InChI=1S/C9H14N2O4/c1-2-3-15-8(14)11-5-9(10,6-11)4-7(12)13/h2H,1,3-6,10H2,(H,12,13). The van der Waals surface area contributed by atoms with Gasteiger partial charge in [-0.15, -0.1) is 0 Å². The predicted molar refractivity (Wildman–Crippen MR) is 52.3 cm³/mol. The molecule has 0 saturated carbocycles. The van der Waals surface area contributed by atoms with Crippen molar-refractivity contribution in [2.45, 2.75) is 12.0 Å². The van der Waals surface area contributed by atoms with E-state index in [1.165, 1.54) is 11.0 Å². The largest absolute Gasteiger partial charge is 0.481 e. The minimum absolute atomic E-state index is 0.141. The molecule has 3 N–H and O–H groups in total. The highest BCUT2D eigenvalue weighted by Crippen LogP contribution is 2.22. The van der Waals surface area contributed by atoms with Gasteiger partial charge >= 0.3 is 12.1 Å². The average molecular weight is 214 g/mol. The van der Waals surface area contributed by atoms with Crippen LogP contribution in [0, 0.1) is 0 Å². The third-order valence-electron chi connectivity index (χ3n) is 2.10. The van der Waals surface area contributed by atoms with Crippen molar-refractivity contribution in [1.82, 2.24) is 4.90 Å². The Labute approximate surface area is 87.3 Å². The number of hydrogen-bond donors (Lipinski definition) is 2. The van der Waals surface area contributed by atoms with Crippen molar-refractivity contribution in [2.75, 3.05) is 19.7 Å². The molecule has 0 atom stereocenters. The van der Waals surface area contributed by atoms with Crippen LogP contribution in [0.2, 0.25) is 0 Å². The molecule has 1 heterocycles. The van der Waals surface area contributed by atoms with Crippen LogP contribution < -0.4 is 5.73 Å². The van der Waals surface area contributed by atoms with Crippen LogP contribution in [0.5, 0.6) is 0 Å². The van der Waals surface area contributed by atoms with E-state index in [9.17, 15) is 9.59 Å². The normalized spacial score (nSPS) is 17.8. The number of carboxylic acid groups (broad SMARTS) is 1. The zero-order valence-corrected chi connectivity index (χ0v) is 8.31. The Morgan fingerprint density at radius 2 is 2.20 bits per heavy atom. The van der Waals surface area contributed by atoms with Gasteiger partial charge in [0, 0.05) is 13.1 Å². The Morgan fingerprint density at radius 1 is 1.60 bits per heavy atom. The van der Waals surface area contributed by atoms with Crippen LogP contribution in [0.25, 0.3) is 0 Å². The molecule has 84 valence electrons. The summed E-state index contributed by atoms with van der Waals surface area (Å²) in [6.07, 6.45) is 0.837. The van der Waals surface area contributed by atoms with E-state index in [1.807, 2.05) is 0 Å². The van der Waals surface area contributed by atoms with Crippen molar-refractivity contribution in [3.8, 4) is 0 Å². The Balaban J connectivity index is 2.32. The molecular weight excluding hydrogens is 200 g/mol. The Kier molecular flexibility index (Phi) is 3.31. The second kappa shape index (κ2) is 4.31. The summed E-state index contributed by atoms with van der Waals surface area (Å²) in [5.41, 5.74) is 4.90. The maximum atomic E-state index is 11.2. The first kappa shape index (κ1) is 11.5. The van der Waals surface area contributed by atoms with Crippen LogP contribution >= 0.6 is 0 Å². The van der Waals surface area contributed by atoms with Gasteiger partial charge in [-0.05, 0) is 0 Å². The third kappa shape index (κ3) is 2.95. The molecule has 0 aliphatic carbocycles. The Bertz CT molecular complexity index is 284. The molecule has 6 nitrogen and oxygen atoms in total. The number of ether oxygens (including phenoxy) is 1. The third-order valence-corrected chi connectivity index (χ3v) is 2.10. The fourth-order valence-electron chi connectivity index (χ4n) is 1.48. The summed E-state index contributed by atoms with van der Waals surface area (Å²) >= 11 is 0. The number of carboxylic acids is 1. The first-order valence-corrected chi connectivity index (χ1v) is 4.50. The average Bonchev–Trinajstić information content (AvgIpc) is 2.09. The summed E-state index contributed by atoms with van der Waals surface area (Å²) in [6.45, 7) is 3.99. The van der Waals surface area contributed by atoms with Crippen LogP contribution in [0.15, 0.2) is 12.7 Å². The van der Waals surface area contributed by atoms with Crippen molar-refractivity contribution in [3.05, 3.63) is 12.7 Å². The number of carbonyl (C=O) groups excluding carboxylic acids is 1. The van der Waals surface area contributed by atoms with Gasteiger partial charge < -0.3 is 20.5 Å². The van der Waals surface area contributed by atoms with Gasteiger partial charge in [0.05, 0.1) is 12.0 Å². The molecule has 1 rings (SSSR count). The molecule has 1 saturated heterocycles. The van der Waals surface area contributed by atoms with Crippen LogP contribution in [0.1, 0.15) is 6.42 Å². The number of likely N-dealkylation sites (tertiary alicyclic amines) is 1. The molecule has 1 fully saturated rings. The van der Waals surface area contributed by atoms with Crippen LogP contribution in [-0.4, -0.2) is 47.3 Å². The molecule has 0 spiro atoms. The van der Waals surface area contributed by atoms with Gasteiger partial charge in [-0.1, -0.05) is 12.7 Å². The first-order valence-electron chi connectivity index (χ1n) is 4.50. The minimum atomic E-state index is -0.961. The zero-order valence-electron chi connectivity index (χ0n) is 8.31. The number of amides is 1. The van der Waals surface area contributed by atoms with E-state index in [4.69, 9.17) is 15.6 Å². The SMILES string of the molecule is C=CCOC(=O)N1CC(N)(CC(=O)O)C1. The Hall–Kier alpha value is -1.56. The topological polar surface area (TPSA) is 92.9 Å². The lowest BCUT2D eigenvalue weighted by Gasteiger charge is -2.45. The highest BCUT2D eigenvalue weighted by atomic mass is 16.6. The fraction of sp³-hybridized carbons (Fsp3) is 0.556. The van der Waals surface area contributed by atoms with Crippen molar-refractivity contribution < 1.29 is 19.4 Å². The summed E-state index contributed by atoms with van der Waals surface area (Å²) in [5.74, 6) is -0.961. The zero-order chi connectivity index (χ0) is 11.5. The molecule has 6 heteroatoms. The minimum Gasteiger partial charge on any atom is -0.481 e. The van der Waals surface area contributed by atoms with E-state index in [0.29, 0.717) is 0 Å². The molecule has 0 bridgehead atoms. The van der Waals surface area contributed by atoms with Gasteiger partial charge in [0.15, 0.2) is 0 Å². The second-order valence-electron chi connectivity index (χ2n) is 3.65.